The molecule has 0 aliphatic carbocycles. The Kier molecular flexibility index (Phi) is 6.88. The van der Waals surface area contributed by atoms with E-state index in [0.717, 1.165) is 0 Å². The third-order valence-corrected chi connectivity index (χ3v) is 4.71. The Balaban J connectivity index is 2.02. The van der Waals surface area contributed by atoms with Crippen molar-refractivity contribution < 1.29 is 19.0 Å². The van der Waals surface area contributed by atoms with Crippen LogP contribution in [0.15, 0.2) is 42.5 Å². The van der Waals surface area contributed by atoms with Crippen molar-refractivity contribution in [3.05, 3.63) is 53.2 Å². The first kappa shape index (κ1) is 20.9. The standard InChI is InChI=1S/C22H23ClN2O4/c1-4-14(22(26)28-5-2)11-20-21(29-17-8-6-7-16(13-17)27-3)25-19-12-15(23)9-10-18(19)24-20/h6-10,12-14H,4-5,11H2,1-3H3. The normalized spacial score (nSPS) is 11.9. The third-order valence-electron chi connectivity index (χ3n) is 4.47. The molecule has 0 saturated carbocycles. The molecular weight excluding hydrogens is 392 g/mol. The summed E-state index contributed by atoms with van der Waals surface area (Å²) in [5.41, 5.74) is 1.88. The Labute approximate surface area is 174 Å². The Morgan fingerprint density at radius 2 is 1.86 bits per heavy atom. The Hall–Kier alpha value is -2.86. The minimum atomic E-state index is -0.332. The lowest BCUT2D eigenvalue weighted by atomic mass is 10.0. The predicted octanol–water partition coefficient (Wildman–Crippen LogP) is 5.22. The molecule has 1 heterocycles. The van der Waals surface area contributed by atoms with Crippen molar-refractivity contribution in [3.63, 3.8) is 0 Å². The summed E-state index contributed by atoms with van der Waals surface area (Å²) in [5, 5.41) is 0.560. The minimum absolute atomic E-state index is 0.250. The molecule has 0 fully saturated rings. The number of rotatable bonds is 8. The maximum atomic E-state index is 12.3. The number of carbonyl (C=O) groups excluding carboxylic acids is 1. The fourth-order valence-corrected chi connectivity index (χ4v) is 3.09. The van der Waals surface area contributed by atoms with E-state index in [0.29, 0.717) is 58.6 Å². The smallest absolute Gasteiger partial charge is 0.309 e. The molecule has 0 N–H and O–H groups in total. The highest BCUT2D eigenvalue weighted by Crippen LogP contribution is 2.30. The number of esters is 1. The summed E-state index contributed by atoms with van der Waals surface area (Å²) >= 11 is 6.11. The fourth-order valence-electron chi connectivity index (χ4n) is 2.93. The number of hydrogen-bond acceptors (Lipinski definition) is 6. The van der Waals surface area contributed by atoms with Crippen LogP contribution in [0.5, 0.6) is 17.4 Å². The monoisotopic (exact) mass is 414 g/mol. The maximum absolute atomic E-state index is 12.3. The number of halogens is 1. The molecule has 0 aliphatic rings. The molecule has 0 amide bonds. The van der Waals surface area contributed by atoms with Gasteiger partial charge in [0.25, 0.3) is 0 Å². The van der Waals surface area contributed by atoms with Gasteiger partial charge in [0.15, 0.2) is 0 Å². The van der Waals surface area contributed by atoms with Gasteiger partial charge in [0.05, 0.1) is 30.7 Å². The lowest BCUT2D eigenvalue weighted by Gasteiger charge is -2.16. The van der Waals surface area contributed by atoms with Crippen LogP contribution >= 0.6 is 11.6 Å². The first-order valence-electron chi connectivity index (χ1n) is 9.48. The maximum Gasteiger partial charge on any atom is 0.309 e. The Morgan fingerprint density at radius 3 is 2.59 bits per heavy atom. The molecule has 0 radical (unpaired) electrons. The quantitative estimate of drug-likeness (QED) is 0.471. The second-order valence-electron chi connectivity index (χ2n) is 6.45. The van der Waals surface area contributed by atoms with Crippen molar-refractivity contribution in [1.82, 2.24) is 9.97 Å². The molecule has 2 aromatic carbocycles. The second-order valence-corrected chi connectivity index (χ2v) is 6.89. The Bertz CT molecular complexity index is 1010. The molecule has 1 aromatic heterocycles. The van der Waals surface area contributed by atoms with Crippen LogP contribution in [0.25, 0.3) is 11.0 Å². The number of aromatic nitrogens is 2. The number of nitrogens with zero attached hydrogens (tertiary/aromatic N) is 2. The van der Waals surface area contributed by atoms with Crippen molar-refractivity contribution in [2.45, 2.75) is 26.7 Å². The van der Waals surface area contributed by atoms with Crippen LogP contribution in [-0.4, -0.2) is 29.7 Å². The van der Waals surface area contributed by atoms with Crippen LogP contribution in [-0.2, 0) is 16.0 Å². The lowest BCUT2D eigenvalue weighted by molar-refractivity contribution is -0.148. The summed E-state index contributed by atoms with van der Waals surface area (Å²) in [4.78, 5) is 21.6. The molecule has 3 aromatic rings. The molecule has 0 spiro atoms. The molecule has 7 heteroatoms. The van der Waals surface area contributed by atoms with Crippen molar-refractivity contribution in [2.24, 2.45) is 5.92 Å². The van der Waals surface area contributed by atoms with Gasteiger partial charge in [-0.2, -0.15) is 0 Å². The van der Waals surface area contributed by atoms with Gasteiger partial charge in [0.2, 0.25) is 5.88 Å². The molecule has 152 valence electrons. The Morgan fingerprint density at radius 1 is 1.07 bits per heavy atom. The number of methoxy groups -OCH3 is 1. The number of ether oxygens (including phenoxy) is 3. The lowest BCUT2D eigenvalue weighted by Crippen LogP contribution is -2.20. The largest absolute Gasteiger partial charge is 0.497 e. The average Bonchev–Trinajstić information content (AvgIpc) is 2.72. The fraction of sp³-hybridized carbons (Fsp3) is 0.318. The summed E-state index contributed by atoms with van der Waals surface area (Å²) in [7, 11) is 1.59. The molecule has 1 atom stereocenters. The highest BCUT2D eigenvalue weighted by molar-refractivity contribution is 6.31. The molecule has 29 heavy (non-hydrogen) atoms. The third kappa shape index (κ3) is 5.15. The summed E-state index contributed by atoms with van der Waals surface area (Å²) in [6.07, 6.45) is 0.984. The van der Waals surface area contributed by atoms with Gasteiger partial charge in [-0.1, -0.05) is 24.6 Å². The van der Waals surface area contributed by atoms with Crippen LogP contribution in [0, 0.1) is 5.92 Å². The molecule has 0 saturated heterocycles. The van der Waals surface area contributed by atoms with Gasteiger partial charge in [-0.05, 0) is 43.7 Å². The average molecular weight is 415 g/mol. The minimum Gasteiger partial charge on any atom is -0.497 e. The highest BCUT2D eigenvalue weighted by atomic mass is 35.5. The van der Waals surface area contributed by atoms with Gasteiger partial charge < -0.3 is 14.2 Å². The summed E-state index contributed by atoms with van der Waals surface area (Å²) in [6.45, 7) is 4.07. The zero-order valence-electron chi connectivity index (χ0n) is 16.6. The molecule has 6 nitrogen and oxygen atoms in total. The first-order chi connectivity index (χ1) is 14.0. The molecule has 3 rings (SSSR count). The number of hydrogen-bond donors (Lipinski definition) is 0. The molecular formula is C22H23ClN2O4. The second kappa shape index (κ2) is 9.56. The number of fused-ring (bicyclic) bond motifs is 1. The zero-order chi connectivity index (χ0) is 20.8. The van der Waals surface area contributed by atoms with Crippen LogP contribution in [0.4, 0.5) is 0 Å². The van der Waals surface area contributed by atoms with Gasteiger partial charge in [-0.3, -0.25) is 4.79 Å². The van der Waals surface area contributed by atoms with E-state index in [4.69, 9.17) is 30.8 Å². The van der Waals surface area contributed by atoms with Crippen molar-refractivity contribution in [1.29, 1.82) is 0 Å². The van der Waals surface area contributed by atoms with E-state index in [1.54, 1.807) is 44.4 Å². The van der Waals surface area contributed by atoms with Gasteiger partial charge >= 0.3 is 5.97 Å². The first-order valence-corrected chi connectivity index (χ1v) is 9.86. The number of benzene rings is 2. The van der Waals surface area contributed by atoms with Crippen LogP contribution in [0.1, 0.15) is 26.0 Å². The molecule has 0 aliphatic heterocycles. The highest BCUT2D eigenvalue weighted by Gasteiger charge is 2.23. The SMILES string of the molecule is CCOC(=O)C(CC)Cc1nc2ccc(Cl)cc2nc1Oc1cccc(OC)c1. The van der Waals surface area contributed by atoms with Crippen molar-refractivity contribution in [2.75, 3.05) is 13.7 Å². The summed E-state index contributed by atoms with van der Waals surface area (Å²) in [5.74, 6) is 0.974. The van der Waals surface area contributed by atoms with Crippen LogP contribution < -0.4 is 9.47 Å². The van der Waals surface area contributed by atoms with E-state index in [2.05, 4.69) is 4.98 Å². The molecule has 1 unspecified atom stereocenters. The van der Waals surface area contributed by atoms with Crippen LogP contribution in [0.2, 0.25) is 5.02 Å². The zero-order valence-corrected chi connectivity index (χ0v) is 17.4. The van der Waals surface area contributed by atoms with Gasteiger partial charge in [-0.25, -0.2) is 9.97 Å². The van der Waals surface area contributed by atoms with E-state index in [-0.39, 0.29) is 11.9 Å². The van der Waals surface area contributed by atoms with Gasteiger partial charge in [-0.15, -0.1) is 0 Å². The predicted molar refractivity (Wildman–Crippen MR) is 112 cm³/mol. The summed E-state index contributed by atoms with van der Waals surface area (Å²) in [6, 6.07) is 12.5. The van der Waals surface area contributed by atoms with E-state index in [9.17, 15) is 4.79 Å². The summed E-state index contributed by atoms with van der Waals surface area (Å²) < 4.78 is 16.5. The van der Waals surface area contributed by atoms with Crippen molar-refractivity contribution >= 4 is 28.6 Å². The van der Waals surface area contributed by atoms with E-state index >= 15 is 0 Å². The number of carbonyl (C=O) groups is 1. The van der Waals surface area contributed by atoms with Crippen LogP contribution in [0.3, 0.4) is 0 Å². The molecule has 0 bridgehead atoms. The van der Waals surface area contributed by atoms with Gasteiger partial charge in [0.1, 0.15) is 17.2 Å². The van der Waals surface area contributed by atoms with E-state index in [1.807, 2.05) is 19.1 Å². The topological polar surface area (TPSA) is 70.5 Å². The van der Waals surface area contributed by atoms with Crippen molar-refractivity contribution in [3.8, 4) is 17.4 Å². The van der Waals surface area contributed by atoms with E-state index < -0.39 is 0 Å². The van der Waals surface area contributed by atoms with Gasteiger partial charge in [0, 0.05) is 17.5 Å². The van der Waals surface area contributed by atoms with E-state index in [1.165, 1.54) is 0 Å².